The van der Waals surface area contributed by atoms with Gasteiger partial charge in [0.15, 0.2) is 0 Å². The van der Waals surface area contributed by atoms with Gasteiger partial charge in [-0.1, -0.05) is 0 Å². The quantitative estimate of drug-likeness (QED) is 0.253. The van der Waals surface area contributed by atoms with E-state index in [1.165, 1.54) is 16.9 Å². The molecule has 10 heteroatoms. The number of aryl methyl sites for hydroxylation is 2. The minimum atomic E-state index is -3.57. The zero-order valence-corrected chi connectivity index (χ0v) is 21.5. The summed E-state index contributed by atoms with van der Waals surface area (Å²) in [4.78, 5) is 16.0. The summed E-state index contributed by atoms with van der Waals surface area (Å²) in [6, 6.07) is 9.81. The molecule has 150 valence electrons. The van der Waals surface area contributed by atoms with Gasteiger partial charge in [-0.3, -0.25) is 0 Å². The number of thiophene rings is 1. The van der Waals surface area contributed by atoms with Crippen molar-refractivity contribution in [3.05, 3.63) is 51.1 Å². The zero-order chi connectivity index (χ0) is 18.8. The monoisotopic (exact) mass is 610 g/mol. The van der Waals surface area contributed by atoms with Crippen LogP contribution in [0, 0.1) is 0 Å². The van der Waals surface area contributed by atoms with Crippen LogP contribution in [-0.2, 0) is 12.8 Å². The predicted octanol–water partition coefficient (Wildman–Crippen LogP) is 2.06. The fraction of sp³-hybridized carbons (Fsp3) is 0.333. The van der Waals surface area contributed by atoms with E-state index in [0.717, 1.165) is 40.3 Å². The van der Waals surface area contributed by atoms with Crippen molar-refractivity contribution in [2.24, 2.45) is 0 Å². The molecule has 0 amide bonds. The Morgan fingerprint density at radius 2 is 1.82 bits per heavy atom. The summed E-state index contributed by atoms with van der Waals surface area (Å²) < 4.78 is 3.90. The second kappa shape index (κ2) is 8.13. The van der Waals surface area contributed by atoms with E-state index in [9.17, 15) is 4.79 Å². The summed E-state index contributed by atoms with van der Waals surface area (Å²) in [5, 5.41) is 1.73. The summed E-state index contributed by atoms with van der Waals surface area (Å²) in [6.45, 7) is 0. The molecular weight excluding hydrogens is 594 g/mol. The van der Waals surface area contributed by atoms with Crippen LogP contribution in [0.5, 0.6) is 0 Å². The third-order valence-electron chi connectivity index (χ3n) is 5.15. The molecule has 1 unspecified atom stereocenters. The van der Waals surface area contributed by atoms with Gasteiger partial charge in [0.05, 0.1) is 0 Å². The van der Waals surface area contributed by atoms with E-state index in [4.69, 9.17) is 26.9 Å². The smallest absolute Gasteiger partial charge is 1.00 e. The Morgan fingerprint density at radius 1 is 1.11 bits per heavy atom. The number of rotatable bonds is 2. The number of aromatic nitrogens is 2. The first kappa shape index (κ1) is 21.6. The van der Waals surface area contributed by atoms with E-state index < -0.39 is 14.8 Å². The molecule has 5 rings (SSSR count). The van der Waals surface area contributed by atoms with E-state index in [0.29, 0.717) is 5.75 Å². The van der Waals surface area contributed by atoms with Crippen LogP contribution in [0.1, 0.15) is 27.4 Å². The van der Waals surface area contributed by atoms with Crippen LogP contribution >= 0.6 is 50.0 Å². The normalized spacial score (nSPS) is 19.2. The molecule has 3 aromatic rings. The van der Waals surface area contributed by atoms with Crippen molar-refractivity contribution in [3.8, 4) is 5.69 Å². The molecule has 1 aliphatic carbocycles. The molecule has 1 atom stereocenters. The average Bonchev–Trinajstić information content (AvgIpc) is 3.24. The molecule has 0 spiro atoms. The fourth-order valence-electron chi connectivity index (χ4n) is 3.94. The first-order valence-electron chi connectivity index (χ1n) is 8.71. The summed E-state index contributed by atoms with van der Waals surface area (Å²) in [6.07, 6.45) is 4.32. The Hall–Kier alpha value is 0.360. The summed E-state index contributed by atoms with van der Waals surface area (Å²) in [5.74, 6) is 0.714. The van der Waals surface area contributed by atoms with Gasteiger partial charge in [0.1, 0.15) is 0 Å². The molecule has 3 nitrogen and oxygen atoms in total. The molecule has 1 aromatic carbocycles. The maximum atomic E-state index is 13.6. The second-order valence-electron chi connectivity index (χ2n) is 6.73. The van der Waals surface area contributed by atoms with Crippen molar-refractivity contribution in [2.45, 2.75) is 34.9 Å². The molecule has 2 aromatic heterocycles. The van der Waals surface area contributed by atoms with Crippen molar-refractivity contribution < 1.29 is 17.0 Å². The van der Waals surface area contributed by atoms with Crippen LogP contribution in [0.4, 0.5) is 0 Å². The molecule has 3 heterocycles. The van der Waals surface area contributed by atoms with E-state index in [-0.39, 0.29) is 22.1 Å². The standard InChI is InChI=1S/C18H16Cl3N2OS2Te.ClH/c19-27(20,21)14-10-25-18-22(11-6-2-1-3-7-11)16(24)15-12-8-4-5-9-13(12)26-17(15)23(14)18;/h1-3,6-7,14H,4-5,8-10H2;1H/q+1;/p-1. The van der Waals surface area contributed by atoms with Gasteiger partial charge in [-0.2, -0.15) is 0 Å². The molecule has 0 saturated carbocycles. The summed E-state index contributed by atoms with van der Waals surface area (Å²) in [5.41, 5.74) is 2.15. The second-order valence-corrected chi connectivity index (χ2v) is 25.9. The van der Waals surface area contributed by atoms with E-state index in [2.05, 4.69) is 4.57 Å². The molecule has 0 bridgehead atoms. The third kappa shape index (κ3) is 3.42. The number of thioether (sulfide) groups is 1. The van der Waals surface area contributed by atoms with Crippen molar-refractivity contribution in [1.29, 1.82) is 0 Å². The summed E-state index contributed by atoms with van der Waals surface area (Å²) >= 11 is -0.213. The largest absolute Gasteiger partial charge is 1.00 e. The minimum Gasteiger partial charge on any atom is -1.00 e. The first-order valence-corrected chi connectivity index (χ1v) is 20.7. The van der Waals surface area contributed by atoms with Crippen molar-refractivity contribution in [1.82, 2.24) is 4.57 Å². The topological polar surface area (TPSA) is 25.9 Å². The number of para-hydroxylation sites is 1. The molecule has 2 aliphatic rings. The fourth-order valence-corrected chi connectivity index (χ4v) is 15.0. The molecular formula is C18H16Cl4N2OS2Te. The van der Waals surface area contributed by atoms with Crippen LogP contribution in [-0.4, -0.2) is 25.1 Å². The first-order chi connectivity index (χ1) is 13.0. The third-order valence-corrected chi connectivity index (χ3v) is 15.2. The average molecular weight is 610 g/mol. The van der Waals surface area contributed by atoms with Gasteiger partial charge in [0.25, 0.3) is 0 Å². The van der Waals surface area contributed by atoms with Gasteiger partial charge in [-0.25, -0.2) is 0 Å². The van der Waals surface area contributed by atoms with Crippen LogP contribution in [0.25, 0.3) is 15.9 Å². The molecule has 28 heavy (non-hydrogen) atoms. The van der Waals surface area contributed by atoms with Crippen LogP contribution < -0.4 is 22.5 Å². The number of hydrogen-bond donors (Lipinski definition) is 0. The molecule has 1 aliphatic heterocycles. The van der Waals surface area contributed by atoms with Gasteiger partial charge < -0.3 is 12.4 Å². The van der Waals surface area contributed by atoms with Crippen molar-refractivity contribution >= 4 is 75.0 Å². The Balaban J connectivity index is 0.00000192. The van der Waals surface area contributed by atoms with Gasteiger partial charge in [0.2, 0.25) is 0 Å². The van der Waals surface area contributed by atoms with E-state index >= 15 is 0 Å². The van der Waals surface area contributed by atoms with E-state index in [1.807, 2.05) is 34.9 Å². The molecule has 0 saturated heterocycles. The number of halogens is 4. The Labute approximate surface area is 192 Å². The van der Waals surface area contributed by atoms with Gasteiger partial charge in [0, 0.05) is 0 Å². The van der Waals surface area contributed by atoms with Gasteiger partial charge in [-0.15, -0.1) is 0 Å². The maximum absolute atomic E-state index is 13.6. The van der Waals surface area contributed by atoms with Crippen molar-refractivity contribution in [2.75, 3.05) is 5.75 Å². The van der Waals surface area contributed by atoms with Gasteiger partial charge in [-0.05, 0) is 0 Å². The van der Waals surface area contributed by atoms with Crippen LogP contribution in [0.15, 0.2) is 40.3 Å². The van der Waals surface area contributed by atoms with Gasteiger partial charge >= 0.3 is 182 Å². The SMILES string of the molecule is O=c1c2c3c(sc2[n+]2c(n1-c1ccccc1)SCC2[Te](Cl)(Cl)Cl)CCCC3.[Cl-]. The Morgan fingerprint density at radius 3 is 2.54 bits per heavy atom. The van der Waals surface area contributed by atoms with Crippen LogP contribution in [0.3, 0.4) is 0 Å². The van der Waals surface area contributed by atoms with Crippen LogP contribution in [0.2, 0.25) is 0 Å². The predicted molar refractivity (Wildman–Crippen MR) is 117 cm³/mol. The summed E-state index contributed by atoms with van der Waals surface area (Å²) in [7, 11) is 19.6. The minimum absolute atomic E-state index is 0. The Kier molecular flexibility index (Phi) is 6.27. The Bertz CT molecular complexity index is 1110. The van der Waals surface area contributed by atoms with E-state index in [1.54, 1.807) is 23.1 Å². The number of nitrogens with zero attached hydrogens (tertiary/aromatic N) is 2. The molecule has 0 N–H and O–H groups in total. The maximum Gasteiger partial charge on any atom is -1.00 e. The number of fused-ring (bicyclic) bond motifs is 5. The van der Waals surface area contributed by atoms with Crippen molar-refractivity contribution in [3.63, 3.8) is 0 Å². The number of hydrogen-bond acceptors (Lipinski definition) is 3. The molecule has 0 radical (unpaired) electrons. The molecule has 0 fully saturated rings. The zero-order valence-electron chi connectivity index (χ0n) is 14.5. The number of benzene rings is 1.